The minimum absolute atomic E-state index is 0.00258. The highest BCUT2D eigenvalue weighted by Crippen LogP contribution is 2.43. The number of nitrogens with one attached hydrogen (secondary N) is 1. The highest BCUT2D eigenvalue weighted by Gasteiger charge is 2.44. The van der Waals surface area contributed by atoms with Crippen molar-refractivity contribution in [2.45, 2.75) is 51.0 Å². The monoisotopic (exact) mass is 345 g/mol. The summed E-state index contributed by atoms with van der Waals surface area (Å²) in [5.74, 6) is -1.66. The van der Waals surface area contributed by atoms with Gasteiger partial charge in [-0.2, -0.15) is 13.2 Å². The average Bonchev–Trinajstić information content (AvgIpc) is 2.88. The molecule has 3 rings (SSSR count). The highest BCUT2D eigenvalue weighted by molar-refractivity contribution is 5.73. The molecule has 0 unspecified atom stereocenters. The molecule has 2 aliphatic heterocycles. The van der Waals surface area contributed by atoms with Gasteiger partial charge in [0.15, 0.2) is 0 Å². The molecule has 0 radical (unpaired) electrons. The summed E-state index contributed by atoms with van der Waals surface area (Å²) < 4.78 is 37.9. The zero-order valence-corrected chi connectivity index (χ0v) is 13.9. The normalized spacial score (nSPS) is 25.5. The summed E-state index contributed by atoms with van der Waals surface area (Å²) in [5.41, 5.74) is 4.41. The molecule has 134 valence electrons. The van der Waals surface area contributed by atoms with Crippen LogP contribution in [0.2, 0.25) is 0 Å². The zero-order valence-electron chi connectivity index (χ0n) is 13.9. The van der Waals surface area contributed by atoms with Gasteiger partial charge in [-0.3, -0.25) is 0 Å². The summed E-state index contributed by atoms with van der Waals surface area (Å²) in [7, 11) is 0. The lowest BCUT2D eigenvalue weighted by Crippen LogP contribution is -2.40. The van der Waals surface area contributed by atoms with Crippen LogP contribution in [0.1, 0.15) is 49.3 Å². The van der Waals surface area contributed by atoms with E-state index >= 15 is 0 Å². The van der Waals surface area contributed by atoms with E-state index in [-0.39, 0.29) is 5.60 Å². The minimum atomic E-state index is -5.08. The fourth-order valence-electron chi connectivity index (χ4n) is 3.29. The van der Waals surface area contributed by atoms with Gasteiger partial charge in [-0.1, -0.05) is 32.0 Å². The quantitative estimate of drug-likeness (QED) is 0.819. The molecule has 0 amide bonds. The zero-order chi connectivity index (χ0) is 18.1. The number of ether oxygens (including phenoxy) is 1. The lowest BCUT2D eigenvalue weighted by atomic mass is 9.79. The number of halogens is 3. The molecule has 24 heavy (non-hydrogen) atoms. The Balaban J connectivity index is 0.000000256. The number of hydrogen-bond acceptors (Lipinski definition) is 3. The van der Waals surface area contributed by atoms with Crippen molar-refractivity contribution in [3.05, 3.63) is 34.9 Å². The van der Waals surface area contributed by atoms with Crippen LogP contribution < -0.4 is 5.32 Å². The van der Waals surface area contributed by atoms with Crippen molar-refractivity contribution in [1.82, 2.24) is 5.32 Å². The third kappa shape index (κ3) is 3.72. The molecule has 0 aromatic heterocycles. The van der Waals surface area contributed by atoms with Crippen molar-refractivity contribution in [1.29, 1.82) is 0 Å². The Bertz CT molecular complexity index is 616. The molecular weight excluding hydrogens is 323 g/mol. The van der Waals surface area contributed by atoms with Gasteiger partial charge in [0.05, 0.1) is 12.2 Å². The van der Waals surface area contributed by atoms with Gasteiger partial charge in [0.1, 0.15) is 0 Å². The van der Waals surface area contributed by atoms with E-state index in [0.717, 1.165) is 19.7 Å². The molecule has 2 atom stereocenters. The van der Waals surface area contributed by atoms with Crippen molar-refractivity contribution < 1.29 is 27.8 Å². The Labute approximate surface area is 139 Å². The van der Waals surface area contributed by atoms with Crippen LogP contribution in [0.15, 0.2) is 18.2 Å². The molecule has 1 aromatic carbocycles. The predicted molar refractivity (Wildman–Crippen MR) is 83.0 cm³/mol. The van der Waals surface area contributed by atoms with Gasteiger partial charge >= 0.3 is 12.1 Å². The minimum Gasteiger partial charge on any atom is -0.475 e. The van der Waals surface area contributed by atoms with E-state index in [4.69, 9.17) is 14.6 Å². The fourth-order valence-corrected chi connectivity index (χ4v) is 3.29. The number of aliphatic carboxylic acids is 1. The Kier molecular flexibility index (Phi) is 5.25. The standard InChI is InChI=1S/C15H21NO.C2HF3O2/c1-10(2)11-5-4-6-12-13(11)8-17-15(3)9-16-7-14(12)15;3-2(4,5)1(6)7/h4-6,10,14,16H,7-9H2,1-3H3;(H,6,7)/t14-,15+;/m0./s1. The van der Waals surface area contributed by atoms with E-state index in [0.29, 0.717) is 11.8 Å². The smallest absolute Gasteiger partial charge is 0.475 e. The third-order valence-corrected chi connectivity index (χ3v) is 4.60. The maximum absolute atomic E-state index is 10.6. The van der Waals surface area contributed by atoms with E-state index in [2.05, 4.69) is 44.3 Å². The van der Waals surface area contributed by atoms with E-state index < -0.39 is 12.1 Å². The molecule has 2 heterocycles. The van der Waals surface area contributed by atoms with Crippen molar-refractivity contribution in [3.8, 4) is 0 Å². The molecule has 7 heteroatoms. The SMILES string of the molecule is CC(C)c1cccc2c1CO[C@]1(C)CNC[C@@H]21.O=C(O)C(F)(F)F. The molecule has 1 saturated heterocycles. The molecule has 2 N–H and O–H groups in total. The summed E-state index contributed by atoms with van der Waals surface area (Å²) >= 11 is 0. The predicted octanol–water partition coefficient (Wildman–Crippen LogP) is 3.42. The van der Waals surface area contributed by atoms with Crippen molar-refractivity contribution >= 4 is 5.97 Å². The van der Waals surface area contributed by atoms with E-state index in [1.54, 1.807) is 0 Å². The van der Waals surface area contributed by atoms with E-state index in [1.807, 2.05) is 0 Å². The van der Waals surface area contributed by atoms with Gasteiger partial charge in [-0.25, -0.2) is 4.79 Å². The lowest BCUT2D eigenvalue weighted by Gasteiger charge is -2.38. The average molecular weight is 345 g/mol. The molecular formula is C17H22F3NO3. The molecule has 2 aliphatic rings. The Morgan fingerprint density at radius 3 is 2.58 bits per heavy atom. The van der Waals surface area contributed by atoms with Gasteiger partial charge in [0.25, 0.3) is 0 Å². The number of benzene rings is 1. The van der Waals surface area contributed by atoms with Gasteiger partial charge in [0.2, 0.25) is 0 Å². The molecule has 0 spiro atoms. The number of alkyl halides is 3. The van der Waals surface area contributed by atoms with Gasteiger partial charge < -0.3 is 15.2 Å². The second-order valence-corrected chi connectivity index (χ2v) is 6.66. The van der Waals surface area contributed by atoms with Crippen LogP contribution in [0.4, 0.5) is 13.2 Å². The lowest BCUT2D eigenvalue weighted by molar-refractivity contribution is -0.192. The third-order valence-electron chi connectivity index (χ3n) is 4.60. The van der Waals surface area contributed by atoms with Gasteiger partial charge in [0, 0.05) is 19.0 Å². The molecule has 0 saturated carbocycles. The summed E-state index contributed by atoms with van der Waals surface area (Å²) in [5, 5.41) is 10.6. The molecule has 1 aromatic rings. The van der Waals surface area contributed by atoms with Crippen molar-refractivity contribution in [3.63, 3.8) is 0 Å². The van der Waals surface area contributed by atoms with Crippen LogP contribution in [-0.2, 0) is 16.1 Å². The van der Waals surface area contributed by atoms with Crippen molar-refractivity contribution in [2.75, 3.05) is 13.1 Å². The van der Waals surface area contributed by atoms with Crippen LogP contribution in [0.3, 0.4) is 0 Å². The number of fused-ring (bicyclic) bond motifs is 3. The molecule has 0 bridgehead atoms. The topological polar surface area (TPSA) is 58.6 Å². The Morgan fingerprint density at radius 1 is 1.42 bits per heavy atom. The maximum Gasteiger partial charge on any atom is 0.490 e. The summed E-state index contributed by atoms with van der Waals surface area (Å²) in [6.07, 6.45) is -5.08. The number of rotatable bonds is 1. The van der Waals surface area contributed by atoms with Crippen molar-refractivity contribution in [2.24, 2.45) is 0 Å². The number of carboxylic acids is 1. The maximum atomic E-state index is 10.6. The van der Waals surface area contributed by atoms with Gasteiger partial charge in [-0.15, -0.1) is 0 Å². The van der Waals surface area contributed by atoms with Crippen LogP contribution in [-0.4, -0.2) is 35.9 Å². The number of carbonyl (C=O) groups is 1. The van der Waals surface area contributed by atoms with Gasteiger partial charge in [-0.05, 0) is 29.5 Å². The first-order chi connectivity index (χ1) is 11.1. The van der Waals surface area contributed by atoms with Crippen LogP contribution in [0.25, 0.3) is 0 Å². The summed E-state index contributed by atoms with van der Waals surface area (Å²) in [6.45, 7) is 9.56. The molecule has 1 fully saturated rings. The Morgan fingerprint density at radius 2 is 2.04 bits per heavy atom. The van der Waals surface area contributed by atoms with Crippen LogP contribution in [0, 0.1) is 0 Å². The number of carboxylic acid groups (broad SMARTS) is 1. The first kappa shape index (κ1) is 18.7. The summed E-state index contributed by atoms with van der Waals surface area (Å²) in [6, 6.07) is 6.75. The van der Waals surface area contributed by atoms with E-state index in [1.165, 1.54) is 16.7 Å². The largest absolute Gasteiger partial charge is 0.490 e. The first-order valence-electron chi connectivity index (χ1n) is 7.82. The number of hydrogen-bond donors (Lipinski definition) is 2. The first-order valence-corrected chi connectivity index (χ1v) is 7.82. The second kappa shape index (κ2) is 6.72. The van der Waals surface area contributed by atoms with Crippen LogP contribution >= 0.6 is 0 Å². The molecule has 4 nitrogen and oxygen atoms in total. The summed E-state index contributed by atoms with van der Waals surface area (Å²) in [4.78, 5) is 8.90. The van der Waals surface area contributed by atoms with Crippen LogP contribution in [0.5, 0.6) is 0 Å². The second-order valence-electron chi connectivity index (χ2n) is 6.66. The molecule has 0 aliphatic carbocycles. The van der Waals surface area contributed by atoms with E-state index in [9.17, 15) is 13.2 Å². The fraction of sp³-hybridized carbons (Fsp3) is 0.588. The Hall–Kier alpha value is -1.60. The highest BCUT2D eigenvalue weighted by atomic mass is 19.4.